The third-order valence-electron chi connectivity index (χ3n) is 6.98. The molecule has 0 amide bonds. The maximum absolute atomic E-state index is 14.6. The fraction of sp³-hybridized carbons (Fsp3) is 0.226. The Bertz CT molecular complexity index is 1870. The highest BCUT2D eigenvalue weighted by Crippen LogP contribution is 2.35. The van der Waals surface area contributed by atoms with Gasteiger partial charge >= 0.3 is 0 Å². The summed E-state index contributed by atoms with van der Waals surface area (Å²) in [5, 5.41) is 22.3. The van der Waals surface area contributed by atoms with Crippen molar-refractivity contribution in [3.63, 3.8) is 0 Å². The van der Waals surface area contributed by atoms with Gasteiger partial charge in [0.15, 0.2) is 0 Å². The summed E-state index contributed by atoms with van der Waals surface area (Å²) in [7, 11) is 3.93. The van der Waals surface area contributed by atoms with Gasteiger partial charge in [-0.3, -0.25) is 15.1 Å². The maximum Gasteiger partial charge on any atom is 0.138 e. The number of aromatic nitrogens is 6. The third kappa shape index (κ3) is 5.65. The van der Waals surface area contributed by atoms with Crippen LogP contribution in [0.4, 0.5) is 10.1 Å². The zero-order valence-electron chi connectivity index (χ0n) is 23.5. The van der Waals surface area contributed by atoms with Crippen molar-refractivity contribution in [3.8, 4) is 39.5 Å². The number of benzene rings is 1. The summed E-state index contributed by atoms with van der Waals surface area (Å²) in [6, 6.07) is 12.4. The SMILES string of the molecule is CCC(O)Nc1cncc(-c2cc3c(-c4cc5c(-c6cc(F)cc(OCCN(C)C)c6)ccnc5[nH]4)n[nH]c3cn2)c1. The van der Waals surface area contributed by atoms with E-state index in [0.717, 1.165) is 39.7 Å². The molecule has 0 radical (unpaired) electrons. The first-order valence-electron chi connectivity index (χ1n) is 13.7. The van der Waals surface area contributed by atoms with Crippen molar-refractivity contribution >= 4 is 27.6 Å². The lowest BCUT2D eigenvalue weighted by atomic mass is 10.0. The number of ether oxygens (including phenoxy) is 1. The first kappa shape index (κ1) is 27.3. The number of likely N-dealkylation sites (N-methyl/N-ethyl adjacent to an activating group) is 1. The number of rotatable bonds is 10. The molecule has 0 aliphatic carbocycles. The Labute approximate surface area is 241 Å². The normalized spacial score (nSPS) is 12.3. The zero-order valence-corrected chi connectivity index (χ0v) is 23.5. The molecule has 6 rings (SSSR count). The van der Waals surface area contributed by atoms with Crippen LogP contribution in [0.3, 0.4) is 0 Å². The molecule has 1 aromatic carbocycles. The molecule has 42 heavy (non-hydrogen) atoms. The van der Waals surface area contributed by atoms with Gasteiger partial charge in [0.25, 0.3) is 0 Å². The number of hydrogen-bond acceptors (Lipinski definition) is 8. The fourth-order valence-electron chi connectivity index (χ4n) is 4.79. The van der Waals surface area contributed by atoms with Gasteiger partial charge in [0, 0.05) is 41.3 Å². The molecular weight excluding hydrogens is 535 g/mol. The number of aromatic amines is 2. The Kier molecular flexibility index (Phi) is 7.51. The van der Waals surface area contributed by atoms with E-state index in [2.05, 4.69) is 35.5 Å². The molecule has 10 nitrogen and oxygen atoms in total. The lowest BCUT2D eigenvalue weighted by Crippen LogP contribution is -2.19. The molecule has 1 unspecified atom stereocenters. The Morgan fingerprint density at radius 1 is 1.02 bits per heavy atom. The minimum absolute atomic E-state index is 0.371. The van der Waals surface area contributed by atoms with Crippen LogP contribution in [0.1, 0.15) is 13.3 Å². The number of nitrogens with one attached hydrogen (secondary N) is 3. The van der Waals surface area contributed by atoms with Gasteiger partial charge in [-0.2, -0.15) is 5.10 Å². The first-order chi connectivity index (χ1) is 20.4. The summed E-state index contributed by atoms with van der Waals surface area (Å²) < 4.78 is 20.4. The van der Waals surface area contributed by atoms with Gasteiger partial charge < -0.3 is 25.0 Å². The number of nitrogens with zero attached hydrogens (tertiary/aromatic N) is 5. The van der Waals surface area contributed by atoms with Crippen molar-refractivity contribution in [1.29, 1.82) is 0 Å². The van der Waals surface area contributed by atoms with Crippen molar-refractivity contribution in [3.05, 3.63) is 73.1 Å². The molecule has 214 valence electrons. The van der Waals surface area contributed by atoms with E-state index in [-0.39, 0.29) is 5.82 Å². The third-order valence-corrected chi connectivity index (χ3v) is 6.98. The van der Waals surface area contributed by atoms with E-state index in [0.29, 0.717) is 47.1 Å². The number of H-pyrrole nitrogens is 2. The van der Waals surface area contributed by atoms with Crippen molar-refractivity contribution in [1.82, 2.24) is 35.0 Å². The molecule has 5 heterocycles. The number of fused-ring (bicyclic) bond motifs is 2. The molecule has 0 saturated carbocycles. The summed E-state index contributed by atoms with van der Waals surface area (Å²) in [5.41, 5.74) is 6.62. The van der Waals surface area contributed by atoms with Crippen LogP contribution in [0, 0.1) is 5.82 Å². The minimum atomic E-state index is -0.659. The van der Waals surface area contributed by atoms with Gasteiger partial charge in [0.1, 0.15) is 35.7 Å². The van der Waals surface area contributed by atoms with Gasteiger partial charge in [0.05, 0.1) is 35.0 Å². The summed E-state index contributed by atoms with van der Waals surface area (Å²) in [6.45, 7) is 3.07. The smallest absolute Gasteiger partial charge is 0.138 e. The van der Waals surface area contributed by atoms with Crippen LogP contribution in [-0.4, -0.2) is 73.6 Å². The topological polar surface area (TPSA) is 128 Å². The van der Waals surface area contributed by atoms with Crippen LogP contribution in [0.25, 0.3) is 55.7 Å². The van der Waals surface area contributed by atoms with Crippen LogP contribution in [-0.2, 0) is 0 Å². The van der Waals surface area contributed by atoms with Crippen LogP contribution < -0.4 is 10.1 Å². The second kappa shape index (κ2) is 11.6. The first-order valence-corrected chi connectivity index (χ1v) is 13.7. The number of halogens is 1. The molecule has 1 atom stereocenters. The van der Waals surface area contributed by atoms with Crippen LogP contribution in [0.5, 0.6) is 5.75 Å². The predicted molar refractivity (Wildman–Crippen MR) is 162 cm³/mol. The quantitative estimate of drug-likeness (QED) is 0.161. The number of pyridine rings is 3. The number of aliphatic hydroxyl groups is 1. The standard InChI is InChI=1S/C31H31FN8O2/c1-4-29(41)36-21-10-19(15-33-16-21)26-14-25-28(17-35-26)38-39-30(25)27-13-24-23(5-6-34-31(24)37-27)18-9-20(32)12-22(11-18)42-8-7-40(2)3/h5-6,9-17,29,36,41H,4,7-8H2,1-3H3,(H,34,37)(H,38,39). The van der Waals surface area contributed by atoms with E-state index >= 15 is 0 Å². The van der Waals surface area contributed by atoms with Gasteiger partial charge in [-0.1, -0.05) is 6.92 Å². The molecule has 11 heteroatoms. The molecule has 0 aliphatic rings. The monoisotopic (exact) mass is 566 g/mol. The van der Waals surface area contributed by atoms with Gasteiger partial charge in [-0.25, -0.2) is 9.37 Å². The lowest BCUT2D eigenvalue weighted by Gasteiger charge is -2.12. The maximum atomic E-state index is 14.6. The number of anilines is 1. The summed E-state index contributed by atoms with van der Waals surface area (Å²) in [4.78, 5) is 18.8. The van der Waals surface area contributed by atoms with Gasteiger partial charge in [-0.15, -0.1) is 0 Å². The Morgan fingerprint density at radius 2 is 1.90 bits per heavy atom. The van der Waals surface area contributed by atoms with Crippen LogP contribution in [0.15, 0.2) is 67.3 Å². The van der Waals surface area contributed by atoms with Crippen molar-refractivity contribution in [2.24, 2.45) is 0 Å². The zero-order chi connectivity index (χ0) is 29.2. The molecule has 4 N–H and O–H groups in total. The van der Waals surface area contributed by atoms with Crippen molar-refractivity contribution < 1.29 is 14.2 Å². The summed E-state index contributed by atoms with van der Waals surface area (Å²) in [5.74, 6) is 0.105. The van der Waals surface area contributed by atoms with E-state index in [1.54, 1.807) is 24.8 Å². The number of hydrogen-bond donors (Lipinski definition) is 4. The van der Waals surface area contributed by atoms with E-state index in [1.165, 1.54) is 12.1 Å². The summed E-state index contributed by atoms with van der Waals surface area (Å²) in [6.07, 6.45) is 6.74. The average Bonchev–Trinajstić information content (AvgIpc) is 3.60. The molecule has 5 aromatic heterocycles. The van der Waals surface area contributed by atoms with Gasteiger partial charge in [-0.05, 0) is 68.0 Å². The van der Waals surface area contributed by atoms with E-state index in [1.807, 2.05) is 56.3 Å². The molecule has 0 saturated heterocycles. The Hall–Kier alpha value is -4.87. The highest BCUT2D eigenvalue weighted by atomic mass is 19.1. The summed E-state index contributed by atoms with van der Waals surface area (Å²) >= 11 is 0. The fourth-order valence-corrected chi connectivity index (χ4v) is 4.79. The van der Waals surface area contributed by atoms with Gasteiger partial charge in [0.2, 0.25) is 0 Å². The van der Waals surface area contributed by atoms with E-state index in [4.69, 9.17) is 4.74 Å². The molecule has 0 bridgehead atoms. The lowest BCUT2D eigenvalue weighted by molar-refractivity contribution is 0.199. The molecule has 0 spiro atoms. The Balaban J connectivity index is 1.36. The second-order valence-corrected chi connectivity index (χ2v) is 10.3. The predicted octanol–water partition coefficient (Wildman–Crippen LogP) is 5.45. The molecule has 0 fully saturated rings. The van der Waals surface area contributed by atoms with Crippen molar-refractivity contribution in [2.75, 3.05) is 32.6 Å². The number of aliphatic hydroxyl groups excluding tert-OH is 1. The van der Waals surface area contributed by atoms with Crippen LogP contribution in [0.2, 0.25) is 0 Å². The van der Waals surface area contributed by atoms with E-state index < -0.39 is 6.23 Å². The molecule has 6 aromatic rings. The highest BCUT2D eigenvalue weighted by molar-refractivity contribution is 6.00. The highest BCUT2D eigenvalue weighted by Gasteiger charge is 2.16. The largest absolute Gasteiger partial charge is 0.492 e. The molecule has 0 aliphatic heterocycles. The second-order valence-electron chi connectivity index (χ2n) is 10.3. The Morgan fingerprint density at radius 3 is 2.74 bits per heavy atom. The van der Waals surface area contributed by atoms with Crippen LogP contribution >= 0.6 is 0 Å². The molecular formula is C31H31FN8O2. The minimum Gasteiger partial charge on any atom is -0.492 e. The van der Waals surface area contributed by atoms with E-state index in [9.17, 15) is 9.50 Å². The average molecular weight is 567 g/mol. The van der Waals surface area contributed by atoms with Crippen molar-refractivity contribution in [2.45, 2.75) is 19.6 Å².